The third-order valence-electron chi connectivity index (χ3n) is 6.69. The topological polar surface area (TPSA) is 68.5 Å². The summed E-state index contributed by atoms with van der Waals surface area (Å²) in [5.74, 6) is 2.25. The van der Waals surface area contributed by atoms with Crippen molar-refractivity contribution in [1.82, 2.24) is 14.6 Å². The van der Waals surface area contributed by atoms with Crippen molar-refractivity contribution in [3.8, 4) is 17.0 Å². The molecule has 0 spiro atoms. The summed E-state index contributed by atoms with van der Waals surface area (Å²) >= 11 is 0. The number of benzene rings is 2. The van der Waals surface area contributed by atoms with Crippen LogP contribution in [0, 0.1) is 5.92 Å². The monoisotopic (exact) mass is 454 g/mol. The lowest BCUT2D eigenvalue weighted by Gasteiger charge is -2.20. The summed E-state index contributed by atoms with van der Waals surface area (Å²) in [7, 11) is 1.66. The molecule has 1 aliphatic rings. The average Bonchev–Trinajstić information content (AvgIpc) is 3.31. The number of aromatic nitrogens is 3. The third kappa shape index (κ3) is 4.96. The zero-order chi connectivity index (χ0) is 23.3. The molecule has 2 heterocycles. The van der Waals surface area contributed by atoms with Crippen molar-refractivity contribution in [3.63, 3.8) is 0 Å². The van der Waals surface area contributed by atoms with Gasteiger partial charge in [-0.25, -0.2) is 4.52 Å². The van der Waals surface area contributed by atoms with Crippen LogP contribution in [0.1, 0.15) is 55.3 Å². The highest BCUT2D eigenvalue weighted by Gasteiger charge is 2.16. The van der Waals surface area contributed by atoms with Crippen molar-refractivity contribution in [1.29, 1.82) is 0 Å². The first kappa shape index (κ1) is 22.1. The van der Waals surface area contributed by atoms with Gasteiger partial charge in [-0.1, -0.05) is 50.3 Å². The summed E-state index contributed by atoms with van der Waals surface area (Å²) in [6.45, 7) is 0. The van der Waals surface area contributed by atoms with Gasteiger partial charge in [-0.2, -0.15) is 4.98 Å². The molecule has 0 aliphatic heterocycles. The van der Waals surface area contributed by atoms with Gasteiger partial charge < -0.3 is 10.1 Å². The molecule has 34 heavy (non-hydrogen) atoms. The summed E-state index contributed by atoms with van der Waals surface area (Å²) in [6, 6.07) is 21.4. The van der Waals surface area contributed by atoms with Gasteiger partial charge in [-0.3, -0.25) is 4.79 Å². The maximum absolute atomic E-state index is 12.6. The number of pyridine rings is 1. The number of hydrogen-bond acceptors (Lipinski definition) is 5. The summed E-state index contributed by atoms with van der Waals surface area (Å²) in [5.41, 5.74) is 4.29. The Labute approximate surface area is 200 Å². The van der Waals surface area contributed by atoms with Crippen LogP contribution < -0.4 is 10.1 Å². The molecule has 0 saturated heterocycles. The van der Waals surface area contributed by atoms with E-state index in [4.69, 9.17) is 4.74 Å². The molecule has 5 rings (SSSR count). The first-order valence-corrected chi connectivity index (χ1v) is 12.1. The van der Waals surface area contributed by atoms with Crippen LogP contribution in [0.3, 0.4) is 0 Å². The van der Waals surface area contributed by atoms with E-state index >= 15 is 0 Å². The molecule has 2 aromatic heterocycles. The molecule has 0 amide bonds. The first-order valence-electron chi connectivity index (χ1n) is 12.1. The van der Waals surface area contributed by atoms with E-state index in [1.54, 1.807) is 7.11 Å². The predicted octanol–water partition coefficient (Wildman–Crippen LogP) is 6.69. The van der Waals surface area contributed by atoms with Crippen LogP contribution in [0.25, 0.3) is 16.9 Å². The number of methoxy groups -OCH3 is 1. The number of fused-ring (bicyclic) bond motifs is 1. The Morgan fingerprint density at radius 2 is 1.82 bits per heavy atom. The van der Waals surface area contributed by atoms with Crippen molar-refractivity contribution in [2.75, 3.05) is 12.4 Å². The van der Waals surface area contributed by atoms with Crippen LogP contribution >= 0.6 is 0 Å². The molecule has 1 saturated carbocycles. The van der Waals surface area contributed by atoms with Gasteiger partial charge in [0.25, 0.3) is 0 Å². The second kappa shape index (κ2) is 10.1. The Bertz CT molecular complexity index is 1270. The number of anilines is 2. The normalized spacial score (nSPS) is 14.3. The van der Waals surface area contributed by atoms with Crippen molar-refractivity contribution in [2.24, 2.45) is 5.92 Å². The molecule has 1 fully saturated rings. The number of carbonyl (C=O) groups is 1. The number of carbonyl (C=O) groups excluding carboxylic acids is 1. The fraction of sp³-hybridized carbons (Fsp3) is 0.321. The highest BCUT2D eigenvalue weighted by molar-refractivity contribution is 5.96. The molecule has 1 aliphatic carbocycles. The quantitative estimate of drug-likeness (QED) is 0.300. The predicted molar refractivity (Wildman–Crippen MR) is 135 cm³/mol. The number of ether oxygens (including phenoxy) is 1. The van der Waals surface area contributed by atoms with Gasteiger partial charge in [0.05, 0.1) is 12.8 Å². The molecule has 0 radical (unpaired) electrons. The van der Waals surface area contributed by atoms with Gasteiger partial charge in [-0.15, -0.1) is 5.10 Å². The maximum atomic E-state index is 12.6. The van der Waals surface area contributed by atoms with E-state index in [1.165, 1.54) is 32.1 Å². The Morgan fingerprint density at radius 3 is 2.62 bits per heavy atom. The zero-order valence-corrected chi connectivity index (χ0v) is 19.5. The second-order valence-corrected chi connectivity index (χ2v) is 9.02. The lowest BCUT2D eigenvalue weighted by molar-refractivity contribution is 0.0970. The van der Waals surface area contributed by atoms with Crippen LogP contribution in [0.15, 0.2) is 66.7 Å². The Balaban J connectivity index is 1.28. The Hall–Kier alpha value is -3.67. The molecule has 0 bridgehead atoms. The van der Waals surface area contributed by atoms with Crippen molar-refractivity contribution in [3.05, 3.63) is 72.3 Å². The third-order valence-corrected chi connectivity index (χ3v) is 6.69. The number of hydrogen-bond donors (Lipinski definition) is 1. The van der Waals surface area contributed by atoms with Crippen LogP contribution in [-0.4, -0.2) is 27.5 Å². The lowest BCUT2D eigenvalue weighted by atomic mass is 9.85. The van der Waals surface area contributed by atoms with Gasteiger partial charge in [0.1, 0.15) is 5.75 Å². The van der Waals surface area contributed by atoms with Crippen molar-refractivity contribution in [2.45, 2.75) is 44.9 Å². The van der Waals surface area contributed by atoms with Gasteiger partial charge in [-0.05, 0) is 60.9 Å². The summed E-state index contributed by atoms with van der Waals surface area (Å²) < 4.78 is 7.18. The molecule has 2 aromatic carbocycles. The molecule has 1 N–H and O–H groups in total. The summed E-state index contributed by atoms with van der Waals surface area (Å²) in [6.07, 6.45) is 8.19. The number of Topliss-reactive ketones (excluding diaryl/α,β-unsaturated/α-hetero) is 1. The smallest absolute Gasteiger partial charge is 0.247 e. The highest BCUT2D eigenvalue weighted by Crippen LogP contribution is 2.28. The minimum absolute atomic E-state index is 0.228. The molecule has 0 atom stereocenters. The summed E-state index contributed by atoms with van der Waals surface area (Å²) in [4.78, 5) is 17.3. The molecular formula is C28H30N4O2. The van der Waals surface area contributed by atoms with Gasteiger partial charge in [0.15, 0.2) is 11.4 Å². The maximum Gasteiger partial charge on any atom is 0.247 e. The van der Waals surface area contributed by atoms with E-state index in [0.29, 0.717) is 12.4 Å². The molecular weight excluding hydrogens is 424 g/mol. The van der Waals surface area contributed by atoms with E-state index < -0.39 is 0 Å². The lowest BCUT2D eigenvalue weighted by Crippen LogP contribution is -2.09. The van der Waals surface area contributed by atoms with E-state index in [0.717, 1.165) is 46.2 Å². The van der Waals surface area contributed by atoms with Gasteiger partial charge in [0, 0.05) is 23.2 Å². The van der Waals surface area contributed by atoms with Gasteiger partial charge in [0.2, 0.25) is 5.95 Å². The fourth-order valence-corrected chi connectivity index (χ4v) is 4.78. The average molecular weight is 455 g/mol. The minimum atomic E-state index is 0.228. The molecule has 6 heteroatoms. The highest BCUT2D eigenvalue weighted by atomic mass is 16.5. The largest absolute Gasteiger partial charge is 0.497 e. The van der Waals surface area contributed by atoms with Crippen LogP contribution in [-0.2, 0) is 0 Å². The first-order chi connectivity index (χ1) is 16.7. The van der Waals surface area contributed by atoms with Crippen LogP contribution in [0.2, 0.25) is 0 Å². The number of nitrogens with zero attached hydrogens (tertiary/aromatic N) is 3. The molecule has 6 nitrogen and oxygen atoms in total. The van der Waals surface area contributed by atoms with E-state index in [1.807, 2.05) is 71.2 Å². The minimum Gasteiger partial charge on any atom is -0.497 e. The van der Waals surface area contributed by atoms with E-state index in [9.17, 15) is 4.79 Å². The standard InChI is InChI=1S/C28H30N4O2/c1-34-24-10-5-9-22(19-24)25-11-6-12-27-30-28(31-32(25)27)29-23-16-14-21(15-17-23)26(33)18-13-20-7-3-2-4-8-20/h5-6,9-12,14-17,19-20H,2-4,7-8,13,18H2,1H3,(H,29,31). The van der Waals surface area contributed by atoms with Crippen molar-refractivity contribution < 1.29 is 9.53 Å². The Morgan fingerprint density at radius 1 is 1.03 bits per heavy atom. The fourth-order valence-electron chi connectivity index (χ4n) is 4.78. The Kier molecular flexibility index (Phi) is 6.56. The van der Waals surface area contributed by atoms with Crippen LogP contribution in [0.4, 0.5) is 11.6 Å². The number of rotatable bonds is 8. The molecule has 0 unspecified atom stereocenters. The second-order valence-electron chi connectivity index (χ2n) is 9.02. The summed E-state index contributed by atoms with van der Waals surface area (Å²) in [5, 5.41) is 7.93. The SMILES string of the molecule is COc1cccc(-c2cccc3nc(Nc4ccc(C(=O)CCC5CCCCC5)cc4)nn23)c1. The van der Waals surface area contributed by atoms with E-state index in [-0.39, 0.29) is 5.78 Å². The number of nitrogens with one attached hydrogen (secondary N) is 1. The van der Waals surface area contributed by atoms with Gasteiger partial charge >= 0.3 is 0 Å². The zero-order valence-electron chi connectivity index (χ0n) is 19.5. The van der Waals surface area contributed by atoms with Crippen molar-refractivity contribution >= 4 is 23.1 Å². The molecule has 4 aromatic rings. The van der Waals surface area contributed by atoms with E-state index in [2.05, 4.69) is 15.4 Å². The number of ketones is 1. The molecule has 174 valence electrons. The van der Waals surface area contributed by atoms with Crippen LogP contribution in [0.5, 0.6) is 5.75 Å².